The summed E-state index contributed by atoms with van der Waals surface area (Å²) >= 11 is 5.23. The molecule has 0 saturated carbocycles. The average molecular weight is 212 g/mol. The summed E-state index contributed by atoms with van der Waals surface area (Å²) in [6.45, 7) is -1.42. The van der Waals surface area contributed by atoms with E-state index in [1.54, 1.807) is 0 Å². The van der Waals surface area contributed by atoms with Crippen molar-refractivity contribution < 1.29 is 18.3 Å². The Kier molecular flexibility index (Phi) is 2.77. The van der Waals surface area contributed by atoms with Gasteiger partial charge in [0, 0.05) is 12.3 Å². The number of halogens is 4. The van der Waals surface area contributed by atoms with Crippen LogP contribution in [0.1, 0.15) is 5.69 Å². The maximum Gasteiger partial charge on any atom is 0.312 e. The highest BCUT2D eigenvalue weighted by molar-refractivity contribution is 6.30. The minimum Gasteiger partial charge on any atom is -0.390 e. The molecule has 1 aromatic heterocycles. The van der Waals surface area contributed by atoms with Gasteiger partial charge in [-0.1, -0.05) is 11.6 Å². The predicted molar refractivity (Wildman–Crippen MR) is 40.2 cm³/mol. The number of aromatic nitrogens is 1. The van der Waals surface area contributed by atoms with Crippen molar-refractivity contribution in [2.75, 3.05) is 6.61 Å². The Morgan fingerprint density at radius 2 is 2.15 bits per heavy atom. The SMILES string of the molecule is OCC(F)(F)c1cc(F)c(Cl)cn1. The summed E-state index contributed by atoms with van der Waals surface area (Å²) in [4.78, 5) is 3.20. The molecule has 0 aliphatic carbocycles. The topological polar surface area (TPSA) is 33.1 Å². The fourth-order valence-electron chi connectivity index (χ4n) is 0.695. The molecule has 13 heavy (non-hydrogen) atoms. The lowest BCUT2D eigenvalue weighted by molar-refractivity contribution is -0.0594. The molecule has 6 heteroatoms. The zero-order valence-electron chi connectivity index (χ0n) is 6.27. The molecular formula is C7H5ClF3NO. The van der Waals surface area contributed by atoms with Crippen LogP contribution in [0.5, 0.6) is 0 Å². The quantitative estimate of drug-likeness (QED) is 0.811. The molecule has 2 nitrogen and oxygen atoms in total. The van der Waals surface area contributed by atoms with Crippen molar-refractivity contribution in [3.05, 3.63) is 28.8 Å². The van der Waals surface area contributed by atoms with Gasteiger partial charge in [0.05, 0.1) is 5.02 Å². The van der Waals surface area contributed by atoms with Crippen LogP contribution < -0.4 is 0 Å². The molecule has 0 bridgehead atoms. The molecule has 0 aliphatic rings. The second-order valence-electron chi connectivity index (χ2n) is 2.35. The van der Waals surface area contributed by atoms with E-state index in [1.807, 2.05) is 0 Å². The summed E-state index contributed by atoms with van der Waals surface area (Å²) in [6, 6.07) is 0.499. The van der Waals surface area contributed by atoms with Gasteiger partial charge in [0.25, 0.3) is 0 Å². The third-order valence-corrected chi connectivity index (χ3v) is 1.66. The molecule has 0 unspecified atom stereocenters. The number of alkyl halides is 2. The van der Waals surface area contributed by atoms with Crippen LogP contribution in [0.2, 0.25) is 5.02 Å². The molecule has 0 fully saturated rings. The van der Waals surface area contributed by atoms with Crippen molar-refractivity contribution >= 4 is 11.6 Å². The van der Waals surface area contributed by atoms with Crippen molar-refractivity contribution in [1.29, 1.82) is 0 Å². The summed E-state index contributed by atoms with van der Waals surface area (Å²) < 4.78 is 38.0. The lowest BCUT2D eigenvalue weighted by Crippen LogP contribution is -2.20. The Labute approximate surface area is 77.0 Å². The summed E-state index contributed by atoms with van der Waals surface area (Å²) in [5, 5.41) is 7.93. The molecule has 1 heterocycles. The van der Waals surface area contributed by atoms with Crippen LogP contribution in [0.4, 0.5) is 13.2 Å². The van der Waals surface area contributed by atoms with E-state index in [2.05, 4.69) is 4.98 Å². The van der Waals surface area contributed by atoms with Gasteiger partial charge >= 0.3 is 5.92 Å². The fourth-order valence-corrected chi connectivity index (χ4v) is 0.798. The van der Waals surface area contributed by atoms with Crippen molar-refractivity contribution in [2.24, 2.45) is 0 Å². The van der Waals surface area contributed by atoms with Gasteiger partial charge in [-0.15, -0.1) is 0 Å². The third kappa shape index (κ3) is 2.10. The first-order valence-corrected chi connectivity index (χ1v) is 3.65. The number of rotatable bonds is 2. The third-order valence-electron chi connectivity index (χ3n) is 1.38. The number of aliphatic hydroxyl groups is 1. The van der Waals surface area contributed by atoms with Gasteiger partial charge in [0.2, 0.25) is 0 Å². The molecule has 72 valence electrons. The monoisotopic (exact) mass is 211 g/mol. The van der Waals surface area contributed by atoms with Crippen molar-refractivity contribution in [3.8, 4) is 0 Å². The molecule has 1 rings (SSSR count). The number of hydrogen-bond acceptors (Lipinski definition) is 2. The van der Waals surface area contributed by atoms with Crippen LogP contribution in [-0.4, -0.2) is 16.7 Å². The van der Waals surface area contributed by atoms with E-state index in [9.17, 15) is 13.2 Å². The fraction of sp³-hybridized carbons (Fsp3) is 0.286. The Morgan fingerprint density at radius 3 is 2.62 bits per heavy atom. The van der Waals surface area contributed by atoms with E-state index in [-0.39, 0.29) is 5.02 Å². The van der Waals surface area contributed by atoms with E-state index in [0.717, 1.165) is 6.20 Å². The second kappa shape index (κ2) is 3.51. The number of nitrogens with zero attached hydrogens (tertiary/aromatic N) is 1. The Balaban J connectivity index is 3.10. The van der Waals surface area contributed by atoms with Crippen LogP contribution in [0.25, 0.3) is 0 Å². The Hall–Kier alpha value is -0.810. The minimum atomic E-state index is -3.54. The summed E-state index contributed by atoms with van der Waals surface area (Å²) in [5.74, 6) is -4.52. The van der Waals surface area contributed by atoms with Crippen molar-refractivity contribution in [1.82, 2.24) is 4.98 Å². The van der Waals surface area contributed by atoms with Crippen LogP contribution in [-0.2, 0) is 5.92 Å². The first-order valence-electron chi connectivity index (χ1n) is 3.27. The lowest BCUT2D eigenvalue weighted by atomic mass is 10.2. The van der Waals surface area contributed by atoms with Gasteiger partial charge in [-0.25, -0.2) is 4.39 Å². The van der Waals surface area contributed by atoms with Gasteiger partial charge in [-0.3, -0.25) is 4.98 Å². The molecule has 0 atom stereocenters. The van der Waals surface area contributed by atoms with E-state index < -0.39 is 24.0 Å². The molecule has 0 radical (unpaired) electrons. The normalized spacial score (nSPS) is 11.8. The van der Waals surface area contributed by atoms with E-state index in [0.29, 0.717) is 6.07 Å². The van der Waals surface area contributed by atoms with Crippen LogP contribution in [0.15, 0.2) is 12.3 Å². The zero-order valence-corrected chi connectivity index (χ0v) is 7.02. The average Bonchev–Trinajstić information content (AvgIpc) is 2.09. The maximum atomic E-state index is 12.7. The minimum absolute atomic E-state index is 0.336. The highest BCUT2D eigenvalue weighted by atomic mass is 35.5. The smallest absolute Gasteiger partial charge is 0.312 e. The van der Waals surface area contributed by atoms with Gasteiger partial charge in [0.1, 0.15) is 18.1 Å². The van der Waals surface area contributed by atoms with Gasteiger partial charge in [0.15, 0.2) is 0 Å². The first kappa shape index (κ1) is 10.3. The lowest BCUT2D eigenvalue weighted by Gasteiger charge is -2.11. The van der Waals surface area contributed by atoms with E-state index in [1.165, 1.54) is 0 Å². The van der Waals surface area contributed by atoms with Crippen LogP contribution in [0.3, 0.4) is 0 Å². The van der Waals surface area contributed by atoms with Gasteiger partial charge < -0.3 is 5.11 Å². The molecule has 0 spiro atoms. The number of aliphatic hydroxyl groups excluding tert-OH is 1. The molecule has 0 aliphatic heterocycles. The highest BCUT2D eigenvalue weighted by Gasteiger charge is 2.32. The second-order valence-corrected chi connectivity index (χ2v) is 2.75. The van der Waals surface area contributed by atoms with Crippen LogP contribution >= 0.6 is 11.6 Å². The molecule has 0 amide bonds. The number of hydrogen-bond donors (Lipinski definition) is 1. The maximum absolute atomic E-state index is 12.7. The highest BCUT2D eigenvalue weighted by Crippen LogP contribution is 2.27. The predicted octanol–water partition coefficient (Wildman–Crippen LogP) is 1.96. The summed E-state index contributed by atoms with van der Waals surface area (Å²) in [7, 11) is 0. The molecule has 0 saturated heterocycles. The molecule has 0 aromatic carbocycles. The van der Waals surface area contributed by atoms with E-state index in [4.69, 9.17) is 16.7 Å². The first-order chi connectivity index (χ1) is 5.97. The molecule has 1 aromatic rings. The van der Waals surface area contributed by atoms with E-state index >= 15 is 0 Å². The van der Waals surface area contributed by atoms with Gasteiger partial charge in [-0.2, -0.15) is 8.78 Å². The van der Waals surface area contributed by atoms with Crippen molar-refractivity contribution in [3.63, 3.8) is 0 Å². The Bertz CT molecular complexity index is 319. The zero-order chi connectivity index (χ0) is 10.1. The van der Waals surface area contributed by atoms with Crippen LogP contribution in [0, 0.1) is 5.82 Å². The summed E-state index contributed by atoms with van der Waals surface area (Å²) in [5.41, 5.74) is -0.836. The molecule has 1 N–H and O–H groups in total. The standard InChI is InChI=1S/C7H5ClF3NO/c8-4-2-12-6(1-5(4)9)7(10,11)3-13/h1-2,13H,3H2. The Morgan fingerprint density at radius 1 is 1.54 bits per heavy atom. The molecular weight excluding hydrogens is 207 g/mol. The largest absolute Gasteiger partial charge is 0.390 e. The van der Waals surface area contributed by atoms with Crippen molar-refractivity contribution in [2.45, 2.75) is 5.92 Å². The summed E-state index contributed by atoms with van der Waals surface area (Å²) in [6.07, 6.45) is 0.774. The van der Waals surface area contributed by atoms with Gasteiger partial charge in [-0.05, 0) is 0 Å². The number of pyridine rings is 1.